The van der Waals surface area contributed by atoms with Crippen molar-refractivity contribution in [3.05, 3.63) is 47.2 Å². The first-order valence-electron chi connectivity index (χ1n) is 8.76. The highest BCUT2D eigenvalue weighted by molar-refractivity contribution is 5.93. The van der Waals surface area contributed by atoms with Crippen LogP contribution in [0.5, 0.6) is 0 Å². The summed E-state index contributed by atoms with van der Waals surface area (Å²) in [6.45, 7) is 8.07. The number of benzene rings is 1. The molecule has 0 aromatic heterocycles. The summed E-state index contributed by atoms with van der Waals surface area (Å²) in [5.74, 6) is -1.52. The van der Waals surface area contributed by atoms with Crippen molar-refractivity contribution in [1.82, 2.24) is 4.90 Å². The molecule has 5 nitrogen and oxygen atoms in total. The lowest BCUT2D eigenvalue weighted by molar-refractivity contribution is -0.151. The Kier molecular flexibility index (Phi) is 6.23. The monoisotopic (exact) mass is 345 g/mol. The molecule has 0 fully saturated rings. The van der Waals surface area contributed by atoms with Crippen LogP contribution in [0.1, 0.15) is 39.2 Å². The number of carbonyl (C=O) groups excluding carboxylic acids is 2. The zero-order valence-corrected chi connectivity index (χ0v) is 15.6. The molecule has 0 amide bonds. The van der Waals surface area contributed by atoms with Crippen LogP contribution >= 0.6 is 0 Å². The Morgan fingerprint density at radius 2 is 1.68 bits per heavy atom. The molecule has 5 heteroatoms. The third-order valence-electron chi connectivity index (χ3n) is 4.93. The summed E-state index contributed by atoms with van der Waals surface area (Å²) in [6.07, 6.45) is 0. The number of carbonyl (C=O) groups is 2. The molecule has 0 N–H and O–H groups in total. The zero-order valence-electron chi connectivity index (χ0n) is 15.6. The zero-order chi connectivity index (χ0) is 18.6. The molecule has 1 aliphatic heterocycles. The molecule has 3 unspecified atom stereocenters. The van der Waals surface area contributed by atoms with Crippen molar-refractivity contribution in [3.8, 4) is 0 Å². The van der Waals surface area contributed by atoms with E-state index >= 15 is 0 Å². The number of esters is 2. The summed E-state index contributed by atoms with van der Waals surface area (Å²) in [4.78, 5) is 27.4. The lowest BCUT2D eigenvalue weighted by atomic mass is 9.73. The number of allylic oxidation sites excluding steroid dienone is 1. The number of ether oxygens (including phenoxy) is 2. The van der Waals surface area contributed by atoms with Crippen LogP contribution in [0.15, 0.2) is 41.6 Å². The molecule has 0 radical (unpaired) electrons. The maximum Gasteiger partial charge on any atom is 0.336 e. The van der Waals surface area contributed by atoms with Crippen molar-refractivity contribution >= 4 is 11.9 Å². The molecule has 1 aromatic carbocycles. The first-order valence-corrected chi connectivity index (χ1v) is 8.76. The van der Waals surface area contributed by atoms with Gasteiger partial charge in [0.1, 0.15) is 0 Å². The Morgan fingerprint density at radius 3 is 2.24 bits per heavy atom. The molecular formula is C20H27NO4. The van der Waals surface area contributed by atoms with Crippen LogP contribution < -0.4 is 0 Å². The first kappa shape index (κ1) is 19.0. The van der Waals surface area contributed by atoms with Crippen LogP contribution in [-0.4, -0.2) is 43.1 Å². The average molecular weight is 345 g/mol. The summed E-state index contributed by atoms with van der Waals surface area (Å²) in [7, 11) is 1.90. The minimum atomic E-state index is -0.476. The van der Waals surface area contributed by atoms with E-state index in [-0.39, 0.29) is 23.9 Å². The minimum absolute atomic E-state index is 0.0950. The summed E-state index contributed by atoms with van der Waals surface area (Å²) in [6, 6.07) is 9.55. The van der Waals surface area contributed by atoms with E-state index in [1.807, 2.05) is 56.1 Å². The second-order valence-electron chi connectivity index (χ2n) is 6.24. The van der Waals surface area contributed by atoms with Gasteiger partial charge in [0, 0.05) is 24.7 Å². The molecule has 136 valence electrons. The second kappa shape index (κ2) is 8.19. The third kappa shape index (κ3) is 3.70. The van der Waals surface area contributed by atoms with E-state index < -0.39 is 5.92 Å². The normalized spacial score (nSPS) is 23.4. The van der Waals surface area contributed by atoms with Gasteiger partial charge in [0.2, 0.25) is 0 Å². The third-order valence-corrected chi connectivity index (χ3v) is 4.93. The van der Waals surface area contributed by atoms with Crippen molar-refractivity contribution in [1.29, 1.82) is 0 Å². The summed E-state index contributed by atoms with van der Waals surface area (Å²) in [5, 5.41) is 0. The van der Waals surface area contributed by atoms with Crippen molar-refractivity contribution in [2.45, 2.75) is 39.7 Å². The maximum absolute atomic E-state index is 12.7. The molecule has 1 heterocycles. The molecule has 2 rings (SSSR count). The molecule has 0 saturated carbocycles. The number of hydrogen-bond donors (Lipinski definition) is 0. The Balaban J connectivity index is 2.63. The van der Waals surface area contributed by atoms with Crippen LogP contribution in [0.2, 0.25) is 0 Å². The highest BCUT2D eigenvalue weighted by Gasteiger charge is 2.46. The first-order chi connectivity index (χ1) is 11.9. The highest BCUT2D eigenvalue weighted by atomic mass is 16.5. The van der Waals surface area contributed by atoms with Gasteiger partial charge < -0.3 is 14.4 Å². The lowest BCUT2D eigenvalue weighted by Gasteiger charge is -2.43. The molecule has 0 aliphatic carbocycles. The lowest BCUT2D eigenvalue weighted by Crippen LogP contribution is -2.48. The van der Waals surface area contributed by atoms with Crippen LogP contribution in [0, 0.1) is 5.92 Å². The van der Waals surface area contributed by atoms with Gasteiger partial charge >= 0.3 is 11.9 Å². The summed E-state index contributed by atoms with van der Waals surface area (Å²) >= 11 is 0. The van der Waals surface area contributed by atoms with Crippen molar-refractivity contribution < 1.29 is 19.1 Å². The average Bonchev–Trinajstić information content (AvgIpc) is 2.60. The quantitative estimate of drug-likeness (QED) is 0.768. The standard InChI is InChI=1S/C20H27NO4/c1-6-24-19(22)16-13(3)21(5)14(4)17(20(23)25-7-2)18(16)15-11-9-8-10-12-15/h8-13,16,18H,6-7H2,1-5H3. The van der Waals surface area contributed by atoms with E-state index in [1.54, 1.807) is 13.8 Å². The molecule has 3 atom stereocenters. The van der Waals surface area contributed by atoms with E-state index in [2.05, 4.69) is 0 Å². The number of hydrogen-bond acceptors (Lipinski definition) is 5. The van der Waals surface area contributed by atoms with Crippen molar-refractivity contribution in [2.75, 3.05) is 20.3 Å². The van der Waals surface area contributed by atoms with Gasteiger partial charge in [-0.25, -0.2) is 4.79 Å². The Morgan fingerprint density at radius 1 is 1.08 bits per heavy atom. The van der Waals surface area contributed by atoms with Crippen LogP contribution in [0.25, 0.3) is 0 Å². The molecular weight excluding hydrogens is 318 g/mol. The molecule has 1 aromatic rings. The maximum atomic E-state index is 12.7. The van der Waals surface area contributed by atoms with Gasteiger partial charge in [0.15, 0.2) is 0 Å². The van der Waals surface area contributed by atoms with Crippen LogP contribution in [0.4, 0.5) is 0 Å². The van der Waals surface area contributed by atoms with E-state index in [9.17, 15) is 9.59 Å². The second-order valence-corrected chi connectivity index (χ2v) is 6.24. The van der Waals surface area contributed by atoms with Gasteiger partial charge in [-0.05, 0) is 33.3 Å². The molecule has 25 heavy (non-hydrogen) atoms. The summed E-state index contributed by atoms with van der Waals surface area (Å²) < 4.78 is 10.6. The fraction of sp³-hybridized carbons (Fsp3) is 0.500. The molecule has 0 saturated heterocycles. The number of nitrogens with zero attached hydrogens (tertiary/aromatic N) is 1. The van der Waals surface area contributed by atoms with Crippen molar-refractivity contribution in [2.24, 2.45) is 5.92 Å². The van der Waals surface area contributed by atoms with Gasteiger partial charge in [-0.1, -0.05) is 30.3 Å². The molecule has 0 bridgehead atoms. The predicted molar refractivity (Wildman–Crippen MR) is 95.9 cm³/mol. The van der Waals surface area contributed by atoms with E-state index in [0.29, 0.717) is 18.8 Å². The fourth-order valence-corrected chi connectivity index (χ4v) is 3.51. The van der Waals surface area contributed by atoms with E-state index in [1.165, 1.54) is 0 Å². The van der Waals surface area contributed by atoms with Gasteiger partial charge in [0.25, 0.3) is 0 Å². The van der Waals surface area contributed by atoms with Gasteiger partial charge in [-0.3, -0.25) is 4.79 Å². The van der Waals surface area contributed by atoms with Gasteiger partial charge in [-0.2, -0.15) is 0 Å². The molecule has 1 aliphatic rings. The fourth-order valence-electron chi connectivity index (χ4n) is 3.51. The molecule has 0 spiro atoms. The number of rotatable bonds is 5. The van der Waals surface area contributed by atoms with Gasteiger partial charge in [0.05, 0.1) is 24.7 Å². The highest BCUT2D eigenvalue weighted by Crippen LogP contribution is 2.43. The Hall–Kier alpha value is -2.30. The minimum Gasteiger partial charge on any atom is -0.466 e. The predicted octanol–water partition coefficient (Wildman–Crippen LogP) is 3.12. The largest absolute Gasteiger partial charge is 0.466 e. The van der Waals surface area contributed by atoms with Gasteiger partial charge in [-0.15, -0.1) is 0 Å². The van der Waals surface area contributed by atoms with E-state index in [0.717, 1.165) is 11.3 Å². The van der Waals surface area contributed by atoms with Crippen LogP contribution in [0.3, 0.4) is 0 Å². The Labute approximate surface area is 149 Å². The van der Waals surface area contributed by atoms with E-state index in [4.69, 9.17) is 9.47 Å². The smallest absolute Gasteiger partial charge is 0.336 e. The SMILES string of the molecule is CCOC(=O)C1=C(C)N(C)C(C)C(C(=O)OCC)C1c1ccccc1. The topological polar surface area (TPSA) is 55.8 Å². The Bertz CT molecular complexity index is 653. The summed E-state index contributed by atoms with van der Waals surface area (Å²) in [5.41, 5.74) is 2.29. The van der Waals surface area contributed by atoms with Crippen LogP contribution in [-0.2, 0) is 19.1 Å². The van der Waals surface area contributed by atoms with Crippen molar-refractivity contribution in [3.63, 3.8) is 0 Å².